The third-order valence-corrected chi connectivity index (χ3v) is 19.1. The number of carbonyl (C=O) groups is 8. The summed E-state index contributed by atoms with van der Waals surface area (Å²) in [6, 6.07) is 75.0. The van der Waals surface area contributed by atoms with Crippen LogP contribution in [-0.4, -0.2) is 93.7 Å². The first-order valence-corrected chi connectivity index (χ1v) is 39.7. The van der Waals surface area contributed by atoms with Crippen LogP contribution in [0, 0.1) is 0 Å². The zero-order chi connectivity index (χ0) is 86.7. The number of benzene rings is 7. The van der Waals surface area contributed by atoms with Crippen molar-refractivity contribution < 1.29 is 38.4 Å². The minimum absolute atomic E-state index is 0.0497. The fourth-order valence-electron chi connectivity index (χ4n) is 11.4. The highest BCUT2D eigenvalue weighted by Gasteiger charge is 2.21. The number of halogens is 5. The van der Waals surface area contributed by atoms with Gasteiger partial charge in [-0.1, -0.05) is 113 Å². The van der Waals surface area contributed by atoms with Crippen LogP contribution in [0.3, 0.4) is 0 Å². The van der Waals surface area contributed by atoms with Crippen LogP contribution in [-0.2, 0) is 13.1 Å². The first-order chi connectivity index (χ1) is 58.8. The van der Waals surface area contributed by atoms with Crippen LogP contribution in [0.5, 0.6) is 0 Å². The van der Waals surface area contributed by atoms with Crippen molar-refractivity contribution in [2.75, 3.05) is 21.3 Å². The van der Waals surface area contributed by atoms with Gasteiger partial charge in [0.15, 0.2) is 0 Å². The van der Waals surface area contributed by atoms with E-state index in [-0.39, 0.29) is 76.1 Å². The SMILES string of the molecule is CC(C)(C)NC(=O)c1ccc(C(=O)Nc2ccc(Cl)c(-c3ccccn3)c2)cn1.CC(C)NC(=O)c1ccc(C(=O)Nc2ccc(Cl)c(-c3ccccn3)c2)cc1.O=C(NCc1ccc(C(=O)Nc2ccc(Cl)c(-c3ccccn3)c2)c(Cl)c1)c1ccccn1.O=C(Nc1ccc(Cl)c(-c2ccccn2)c1)c1ccc(CNC(=O)c2ccccn2)cc1. The van der Waals surface area contributed by atoms with Crippen molar-refractivity contribution in [1.29, 1.82) is 0 Å². The number of rotatable bonds is 21. The van der Waals surface area contributed by atoms with Crippen molar-refractivity contribution in [3.05, 3.63) is 385 Å². The predicted octanol–water partition coefficient (Wildman–Crippen LogP) is 20.0. The van der Waals surface area contributed by atoms with Crippen LogP contribution in [0.25, 0.3) is 45.0 Å². The molecule has 0 fully saturated rings. The quantitative estimate of drug-likeness (QED) is 0.0331. The van der Waals surface area contributed by atoms with Gasteiger partial charge in [0.1, 0.15) is 17.1 Å². The number of hydrogen-bond acceptors (Lipinski definition) is 15. The molecule has 7 aromatic carbocycles. The molecule has 0 aliphatic carbocycles. The number of nitrogens with one attached hydrogen (secondary N) is 8. The average Bonchev–Trinajstić information content (AvgIpc) is 0.819. The fraction of sp³-hybridized carbons (Fsp3) is 0.0957. The van der Waals surface area contributed by atoms with E-state index in [9.17, 15) is 38.4 Å². The molecule has 14 aromatic rings. The molecule has 28 heteroatoms. The molecule has 7 aromatic heterocycles. The molecule has 8 amide bonds. The van der Waals surface area contributed by atoms with E-state index >= 15 is 0 Å². The van der Waals surface area contributed by atoms with Gasteiger partial charge in [0.05, 0.1) is 59.0 Å². The maximum atomic E-state index is 12.8. The van der Waals surface area contributed by atoms with Crippen LogP contribution in [0.1, 0.15) is 129 Å². The molecule has 0 aliphatic rings. The third-order valence-electron chi connectivity index (χ3n) is 17.4. The van der Waals surface area contributed by atoms with Crippen molar-refractivity contribution in [3.63, 3.8) is 0 Å². The maximum absolute atomic E-state index is 12.8. The Labute approximate surface area is 728 Å². The molecule has 0 saturated carbocycles. The maximum Gasteiger partial charge on any atom is 0.270 e. The van der Waals surface area contributed by atoms with Gasteiger partial charge in [-0.05, 0) is 252 Å². The van der Waals surface area contributed by atoms with Crippen LogP contribution < -0.4 is 42.5 Å². The number of pyridine rings is 7. The molecule has 8 N–H and O–H groups in total. The second-order valence-electron chi connectivity index (χ2n) is 28.1. The van der Waals surface area contributed by atoms with Gasteiger partial charge in [0.25, 0.3) is 47.3 Å². The highest BCUT2D eigenvalue weighted by molar-refractivity contribution is 6.36. The topological polar surface area (TPSA) is 323 Å². The van der Waals surface area contributed by atoms with Crippen molar-refractivity contribution in [3.8, 4) is 45.0 Å². The molecular weight excluding hydrogens is 1640 g/mol. The minimum atomic E-state index is -0.366. The molecule has 23 nitrogen and oxygen atoms in total. The summed E-state index contributed by atoms with van der Waals surface area (Å²) in [7, 11) is 0. The molecule has 122 heavy (non-hydrogen) atoms. The van der Waals surface area contributed by atoms with Gasteiger partial charge in [0, 0.05) is 130 Å². The van der Waals surface area contributed by atoms with Crippen LogP contribution >= 0.6 is 58.0 Å². The minimum Gasteiger partial charge on any atom is -0.350 e. The first-order valence-electron chi connectivity index (χ1n) is 37.8. The van der Waals surface area contributed by atoms with Crippen molar-refractivity contribution >= 4 is 128 Å². The Morgan fingerprint density at radius 1 is 0.303 bits per heavy atom. The Morgan fingerprint density at radius 2 is 0.631 bits per heavy atom. The highest BCUT2D eigenvalue weighted by Crippen LogP contribution is 2.34. The lowest BCUT2D eigenvalue weighted by molar-refractivity contribution is 0.0909. The first kappa shape index (κ1) is 88.6. The second-order valence-corrected chi connectivity index (χ2v) is 30.1. The molecular formula is C94H78Cl5N15O8. The van der Waals surface area contributed by atoms with Gasteiger partial charge in [-0.3, -0.25) is 73.2 Å². The predicted molar refractivity (Wildman–Crippen MR) is 480 cm³/mol. The van der Waals surface area contributed by atoms with Gasteiger partial charge in [-0.25, -0.2) is 0 Å². The van der Waals surface area contributed by atoms with Crippen LogP contribution in [0.15, 0.2) is 304 Å². The Morgan fingerprint density at radius 3 is 0.967 bits per heavy atom. The lowest BCUT2D eigenvalue weighted by Gasteiger charge is -2.20. The average molecular weight is 1720 g/mol. The third kappa shape index (κ3) is 25.9. The van der Waals surface area contributed by atoms with Crippen LogP contribution in [0.4, 0.5) is 22.7 Å². The summed E-state index contributed by atoms with van der Waals surface area (Å²) in [6.45, 7) is 10.0. The summed E-state index contributed by atoms with van der Waals surface area (Å²) in [5.41, 5.74) is 12.4. The molecule has 0 unspecified atom stereocenters. The molecule has 612 valence electrons. The van der Waals surface area contributed by atoms with E-state index in [1.165, 1.54) is 12.3 Å². The fourth-order valence-corrected chi connectivity index (χ4v) is 12.6. The van der Waals surface area contributed by atoms with E-state index in [1.807, 2.05) is 107 Å². The number of nitrogens with zero attached hydrogens (tertiary/aromatic N) is 7. The molecule has 0 atom stereocenters. The van der Waals surface area contributed by atoms with Gasteiger partial charge in [0.2, 0.25) is 0 Å². The standard InChI is InChI=1S/C25H18Cl2N4O2.C25H19ClN4O2.C22H21ClN4O2.C22H20ClN3O2/c26-20-10-8-17(14-19(20)22-5-1-3-11-28-22)31-24(32)18-9-7-16(13-21(18)27)15-30-25(33)23-6-2-4-12-29-23;26-21-12-11-19(15-20(21)22-5-1-3-13-27-22)30-24(31)18-9-7-17(8-10-18)16-29-25(32)23-6-2-4-14-28-23;1-22(2,3)27-21(29)19-10-7-14(13-25-19)20(28)26-15-8-9-17(23)16(12-15)18-6-4-5-11-24-18;1-14(2)25-21(27)15-6-8-16(9-7-15)22(28)26-17-10-11-19(23)18(13-17)20-5-3-4-12-24-20/h1-14H,15H2,(H,30,33)(H,31,32);1-15H,16H2,(H,29,32)(H,30,31);4-13H,1-3H3,(H,26,28)(H,27,29);3-14H,1-2H3,(H,25,27)(H,26,28). The van der Waals surface area contributed by atoms with E-state index in [0.29, 0.717) is 106 Å². The van der Waals surface area contributed by atoms with Gasteiger partial charge < -0.3 is 42.5 Å². The molecule has 0 aliphatic heterocycles. The number of amides is 8. The normalized spacial score (nSPS) is 10.6. The Kier molecular flexibility index (Phi) is 31.2. The lowest BCUT2D eigenvalue weighted by Crippen LogP contribution is -2.40. The number of anilines is 4. The number of carbonyl (C=O) groups excluding carboxylic acids is 8. The molecule has 0 spiro atoms. The smallest absolute Gasteiger partial charge is 0.270 e. The van der Waals surface area contributed by atoms with Crippen LogP contribution in [0.2, 0.25) is 25.1 Å². The largest absolute Gasteiger partial charge is 0.350 e. The van der Waals surface area contributed by atoms with E-state index in [0.717, 1.165) is 39.2 Å². The zero-order valence-electron chi connectivity index (χ0n) is 66.1. The molecule has 7 heterocycles. The summed E-state index contributed by atoms with van der Waals surface area (Å²) < 4.78 is 0. The van der Waals surface area contributed by atoms with Gasteiger partial charge in [-0.15, -0.1) is 0 Å². The molecule has 0 bridgehead atoms. The van der Waals surface area contributed by atoms with Crippen molar-refractivity contribution in [1.82, 2.24) is 56.2 Å². The van der Waals surface area contributed by atoms with Gasteiger partial charge in [-0.2, -0.15) is 0 Å². The highest BCUT2D eigenvalue weighted by atomic mass is 35.5. The van der Waals surface area contributed by atoms with Gasteiger partial charge >= 0.3 is 0 Å². The van der Waals surface area contributed by atoms with Crippen molar-refractivity contribution in [2.45, 2.75) is 59.3 Å². The monoisotopic (exact) mass is 1720 g/mol. The molecule has 0 saturated heterocycles. The lowest BCUT2D eigenvalue weighted by atomic mass is 10.1. The summed E-state index contributed by atoms with van der Waals surface area (Å²) in [6.07, 6.45) is 11.2. The van der Waals surface area contributed by atoms with E-state index in [2.05, 4.69) is 77.4 Å². The number of aromatic nitrogens is 7. The Balaban J connectivity index is 0.000000159. The summed E-state index contributed by atoms with van der Waals surface area (Å²) >= 11 is 31.5. The van der Waals surface area contributed by atoms with E-state index in [1.54, 1.807) is 219 Å². The zero-order valence-corrected chi connectivity index (χ0v) is 69.9. The summed E-state index contributed by atoms with van der Waals surface area (Å²) in [5, 5.41) is 25.1. The van der Waals surface area contributed by atoms with E-state index < -0.39 is 0 Å². The second kappa shape index (κ2) is 43.0. The summed E-state index contributed by atoms with van der Waals surface area (Å²) in [5.74, 6) is -2.22. The summed E-state index contributed by atoms with van der Waals surface area (Å²) in [4.78, 5) is 128. The number of hydrogen-bond donors (Lipinski definition) is 8. The molecule has 14 rings (SSSR count). The molecule has 0 radical (unpaired) electrons. The Hall–Kier alpha value is -14.2. The van der Waals surface area contributed by atoms with Crippen molar-refractivity contribution in [2.24, 2.45) is 0 Å². The Bertz CT molecular complexity index is 6010. The van der Waals surface area contributed by atoms with E-state index in [4.69, 9.17) is 58.0 Å².